The lowest BCUT2D eigenvalue weighted by molar-refractivity contribution is -0.116. The van der Waals surface area contributed by atoms with Crippen LogP contribution in [-0.4, -0.2) is 21.2 Å². The molecule has 1 amide bonds. The van der Waals surface area contributed by atoms with E-state index in [0.29, 0.717) is 21.6 Å². The topological polar surface area (TPSA) is 64.0 Å². The summed E-state index contributed by atoms with van der Waals surface area (Å²) in [6.07, 6.45) is 0.213. The fourth-order valence-corrected chi connectivity index (χ4v) is 3.69. The van der Waals surface area contributed by atoms with Crippen molar-refractivity contribution in [3.63, 3.8) is 0 Å². The van der Waals surface area contributed by atoms with E-state index >= 15 is 0 Å². The maximum absolute atomic E-state index is 12.6. The quantitative estimate of drug-likeness (QED) is 0.683. The zero-order chi connectivity index (χ0) is 16.6. The Morgan fingerprint density at radius 2 is 2.22 bits per heavy atom. The van der Waals surface area contributed by atoms with Gasteiger partial charge in [-0.05, 0) is 23.4 Å². The van der Waals surface area contributed by atoms with E-state index < -0.39 is 0 Å². The van der Waals surface area contributed by atoms with Crippen molar-refractivity contribution in [1.29, 1.82) is 0 Å². The number of carbonyl (C=O) groups excluding carboxylic acids is 1. The number of nitrogens with zero attached hydrogens (tertiary/aromatic N) is 2. The molecule has 1 N–H and O–H groups in total. The molecule has 0 saturated carbocycles. The lowest BCUT2D eigenvalue weighted by Crippen LogP contribution is -2.33. The summed E-state index contributed by atoms with van der Waals surface area (Å²) in [5, 5.41) is 4.00. The number of hydrogen-bond acceptors (Lipinski definition) is 4. The van der Waals surface area contributed by atoms with Crippen molar-refractivity contribution >= 4 is 35.1 Å². The van der Waals surface area contributed by atoms with Gasteiger partial charge in [0, 0.05) is 24.4 Å². The summed E-state index contributed by atoms with van der Waals surface area (Å²) in [5.74, 6) is 0.882. The van der Waals surface area contributed by atoms with Gasteiger partial charge in [-0.2, -0.15) is 4.98 Å². The molecule has 3 rings (SSSR count). The molecule has 1 aliphatic rings. The van der Waals surface area contributed by atoms with Gasteiger partial charge < -0.3 is 9.88 Å². The number of rotatable bonds is 3. The summed E-state index contributed by atoms with van der Waals surface area (Å²) < 4.78 is 1.78. The first-order chi connectivity index (χ1) is 11.0. The first-order valence-corrected chi connectivity index (χ1v) is 8.66. The summed E-state index contributed by atoms with van der Waals surface area (Å²) in [6.45, 7) is 1.99. The van der Waals surface area contributed by atoms with Gasteiger partial charge in [0.15, 0.2) is 5.16 Å². The average Bonchev–Trinajstić information content (AvgIpc) is 2.51. The number of halogens is 1. The molecule has 0 spiro atoms. The molecule has 0 aliphatic carbocycles. The molecule has 0 saturated heterocycles. The van der Waals surface area contributed by atoms with Crippen molar-refractivity contribution in [3.8, 4) is 0 Å². The van der Waals surface area contributed by atoms with Gasteiger partial charge in [0.25, 0.3) is 5.56 Å². The van der Waals surface area contributed by atoms with Crippen LogP contribution < -0.4 is 10.9 Å². The van der Waals surface area contributed by atoms with Crippen LogP contribution in [0.5, 0.6) is 0 Å². The van der Waals surface area contributed by atoms with Crippen molar-refractivity contribution in [1.82, 2.24) is 9.55 Å². The number of nitrogens with one attached hydrogen (secondary N) is 1. The molecular formula is C16H16ClN3O2S. The number of anilines is 1. The maximum atomic E-state index is 12.6. The summed E-state index contributed by atoms with van der Waals surface area (Å²) in [7, 11) is 1.81. The number of benzene rings is 1. The standard InChI is InChI=1S/C16H16ClN3O2S/c1-3-23-16-19-15(22)13-11(9-5-4-6-10(17)7-9)8-12(21)18-14(13)20(16)2/h4-7,11H,3,8H2,1-2H3,(H,18,21)/t11-/m0/s1. The summed E-state index contributed by atoms with van der Waals surface area (Å²) in [6, 6.07) is 7.27. The van der Waals surface area contributed by atoms with Gasteiger partial charge in [0.1, 0.15) is 5.82 Å². The van der Waals surface area contributed by atoms with Crippen molar-refractivity contribution in [3.05, 3.63) is 50.8 Å². The van der Waals surface area contributed by atoms with Crippen LogP contribution in [0, 0.1) is 0 Å². The second-order valence-electron chi connectivity index (χ2n) is 5.31. The van der Waals surface area contributed by atoms with Crippen molar-refractivity contribution in [2.75, 3.05) is 11.1 Å². The number of fused-ring (bicyclic) bond motifs is 1. The molecule has 2 aromatic rings. The Labute approximate surface area is 143 Å². The Morgan fingerprint density at radius 1 is 1.43 bits per heavy atom. The third-order valence-corrected chi connectivity index (χ3v) is 4.97. The van der Waals surface area contributed by atoms with Gasteiger partial charge in [0.05, 0.1) is 5.56 Å². The summed E-state index contributed by atoms with van der Waals surface area (Å²) >= 11 is 7.53. The number of thioether (sulfide) groups is 1. The highest BCUT2D eigenvalue weighted by Gasteiger charge is 2.32. The van der Waals surface area contributed by atoms with Crippen molar-refractivity contribution in [2.45, 2.75) is 24.4 Å². The van der Waals surface area contributed by atoms with E-state index in [1.807, 2.05) is 26.1 Å². The Balaban J connectivity index is 2.20. The molecule has 1 atom stereocenters. The summed E-state index contributed by atoms with van der Waals surface area (Å²) in [4.78, 5) is 28.9. The SMILES string of the molecule is CCSc1nc(=O)c2c(n1C)NC(=O)C[C@H]2c1cccc(Cl)c1. The van der Waals surface area contributed by atoms with Gasteiger partial charge >= 0.3 is 0 Å². The highest BCUT2D eigenvalue weighted by Crippen LogP contribution is 2.36. The summed E-state index contributed by atoms with van der Waals surface area (Å²) in [5.41, 5.74) is 1.08. The van der Waals surface area contributed by atoms with Crippen molar-refractivity contribution < 1.29 is 4.79 Å². The van der Waals surface area contributed by atoms with Crippen molar-refractivity contribution in [2.24, 2.45) is 7.05 Å². The third kappa shape index (κ3) is 3.01. The number of carbonyl (C=O) groups is 1. The molecule has 0 unspecified atom stereocenters. The number of hydrogen-bond donors (Lipinski definition) is 1. The minimum Gasteiger partial charge on any atom is -0.312 e. The van der Waals surface area contributed by atoms with Gasteiger partial charge in [0.2, 0.25) is 5.91 Å². The van der Waals surface area contributed by atoms with Gasteiger partial charge in [-0.25, -0.2) is 0 Å². The van der Waals surface area contributed by atoms with E-state index in [2.05, 4.69) is 10.3 Å². The molecule has 120 valence electrons. The Bertz CT molecular complexity index is 835. The lowest BCUT2D eigenvalue weighted by Gasteiger charge is -2.27. The molecule has 2 heterocycles. The predicted octanol–water partition coefficient (Wildman–Crippen LogP) is 3.02. The van der Waals surface area contributed by atoms with Crippen LogP contribution in [0.1, 0.15) is 30.4 Å². The molecule has 23 heavy (non-hydrogen) atoms. The Hall–Kier alpha value is -1.79. The minimum atomic E-state index is -0.329. The third-order valence-electron chi connectivity index (χ3n) is 3.83. The lowest BCUT2D eigenvalue weighted by atomic mass is 9.87. The van der Waals surface area contributed by atoms with Crippen LogP contribution in [0.15, 0.2) is 34.2 Å². The molecule has 1 aromatic heterocycles. The van der Waals surface area contributed by atoms with Gasteiger partial charge in [-0.15, -0.1) is 0 Å². The molecule has 7 heteroatoms. The molecule has 5 nitrogen and oxygen atoms in total. The Morgan fingerprint density at radius 3 is 2.91 bits per heavy atom. The molecule has 0 radical (unpaired) electrons. The maximum Gasteiger partial charge on any atom is 0.279 e. The molecular weight excluding hydrogens is 334 g/mol. The Kier molecular flexibility index (Phi) is 4.46. The van der Waals surface area contributed by atoms with Crippen LogP contribution in [0.25, 0.3) is 0 Å². The zero-order valence-electron chi connectivity index (χ0n) is 12.8. The van der Waals surface area contributed by atoms with Crippen LogP contribution in [0.2, 0.25) is 5.02 Å². The number of aromatic nitrogens is 2. The molecule has 0 fully saturated rings. The fraction of sp³-hybridized carbons (Fsp3) is 0.312. The molecule has 1 aliphatic heterocycles. The molecule has 0 bridgehead atoms. The second-order valence-corrected chi connectivity index (χ2v) is 6.98. The fourth-order valence-electron chi connectivity index (χ4n) is 2.80. The van der Waals surface area contributed by atoms with Gasteiger partial charge in [-0.3, -0.25) is 9.59 Å². The van der Waals surface area contributed by atoms with Crippen LogP contribution in [-0.2, 0) is 11.8 Å². The van der Waals surface area contributed by atoms with E-state index in [9.17, 15) is 9.59 Å². The smallest absolute Gasteiger partial charge is 0.279 e. The predicted molar refractivity (Wildman–Crippen MR) is 92.4 cm³/mol. The van der Waals surface area contributed by atoms with E-state index in [-0.39, 0.29) is 23.8 Å². The van der Waals surface area contributed by atoms with E-state index in [1.54, 1.807) is 16.7 Å². The zero-order valence-corrected chi connectivity index (χ0v) is 14.4. The molecule has 1 aromatic carbocycles. The van der Waals surface area contributed by atoms with E-state index in [0.717, 1.165) is 11.3 Å². The normalized spacial score (nSPS) is 16.8. The van der Waals surface area contributed by atoms with Crippen LogP contribution in [0.4, 0.5) is 5.82 Å². The van der Waals surface area contributed by atoms with Gasteiger partial charge in [-0.1, -0.05) is 42.4 Å². The van der Waals surface area contributed by atoms with E-state index in [1.165, 1.54) is 11.8 Å². The number of amides is 1. The second kappa shape index (κ2) is 6.37. The first-order valence-electron chi connectivity index (χ1n) is 7.30. The van der Waals surface area contributed by atoms with Crippen LogP contribution in [0.3, 0.4) is 0 Å². The largest absolute Gasteiger partial charge is 0.312 e. The highest BCUT2D eigenvalue weighted by atomic mass is 35.5. The highest BCUT2D eigenvalue weighted by molar-refractivity contribution is 7.99. The average molecular weight is 350 g/mol. The monoisotopic (exact) mass is 349 g/mol. The first kappa shape index (κ1) is 16.1. The van der Waals surface area contributed by atoms with E-state index in [4.69, 9.17) is 11.6 Å². The minimum absolute atomic E-state index is 0.115. The van der Waals surface area contributed by atoms with Crippen LogP contribution >= 0.6 is 23.4 Å².